The smallest absolute Gasteiger partial charge is 0.0257 e. The molecule has 1 spiro atoms. The predicted molar refractivity (Wildman–Crippen MR) is 35.1 cm³/mol. The van der Waals surface area contributed by atoms with Crippen LogP contribution in [0.3, 0.4) is 0 Å². The molecule has 0 heterocycles. The number of halogens is 1. The van der Waals surface area contributed by atoms with Gasteiger partial charge in [0.05, 0.1) is 0 Å². The van der Waals surface area contributed by atoms with E-state index in [0.717, 1.165) is 17.2 Å². The van der Waals surface area contributed by atoms with E-state index in [1.165, 1.54) is 25.7 Å². The van der Waals surface area contributed by atoms with Gasteiger partial charge in [0.1, 0.15) is 0 Å². The molecule has 0 saturated heterocycles. The van der Waals surface area contributed by atoms with Crippen LogP contribution in [0.1, 0.15) is 25.7 Å². The van der Waals surface area contributed by atoms with E-state index in [4.69, 9.17) is 11.6 Å². The first-order chi connectivity index (χ1) is 3.87. The Bertz CT molecular complexity index is 105. The van der Waals surface area contributed by atoms with Gasteiger partial charge < -0.3 is 0 Å². The average molecular weight is 131 g/mol. The first-order valence-corrected chi connectivity index (χ1v) is 3.97. The van der Waals surface area contributed by atoms with Crippen LogP contribution in [0.2, 0.25) is 0 Å². The van der Waals surface area contributed by atoms with Crippen molar-refractivity contribution < 1.29 is 0 Å². The van der Waals surface area contributed by atoms with Crippen molar-refractivity contribution in [1.82, 2.24) is 0 Å². The molecular formula is C7H11Cl. The van der Waals surface area contributed by atoms with Gasteiger partial charge in [0.2, 0.25) is 0 Å². The van der Waals surface area contributed by atoms with Gasteiger partial charge in [-0.05, 0) is 30.6 Å². The summed E-state index contributed by atoms with van der Waals surface area (Å²) in [5, 5.41) is 0. The Morgan fingerprint density at radius 1 is 1.50 bits per heavy atom. The van der Waals surface area contributed by atoms with Crippen molar-refractivity contribution in [2.45, 2.75) is 25.7 Å². The molecule has 2 saturated carbocycles. The maximum atomic E-state index is 5.70. The molecule has 46 valence electrons. The molecule has 0 radical (unpaired) electrons. The minimum atomic E-state index is 0.807. The van der Waals surface area contributed by atoms with E-state index >= 15 is 0 Å². The van der Waals surface area contributed by atoms with Gasteiger partial charge >= 0.3 is 0 Å². The maximum Gasteiger partial charge on any atom is 0.0257 e. The zero-order valence-electron chi connectivity index (χ0n) is 4.99. The van der Waals surface area contributed by atoms with E-state index in [1.807, 2.05) is 0 Å². The average Bonchev–Trinajstić information content (AvgIpc) is 2.36. The highest BCUT2D eigenvalue weighted by Crippen LogP contribution is 2.65. The monoisotopic (exact) mass is 130 g/mol. The second-order valence-electron chi connectivity index (χ2n) is 3.27. The quantitative estimate of drug-likeness (QED) is 0.479. The molecule has 0 nitrogen and oxygen atoms in total. The SMILES string of the molecule is ClCC1CC12CCC2. The molecule has 0 aromatic carbocycles. The van der Waals surface area contributed by atoms with Crippen LogP contribution in [0.15, 0.2) is 0 Å². The molecule has 1 atom stereocenters. The second-order valence-corrected chi connectivity index (χ2v) is 3.58. The lowest BCUT2D eigenvalue weighted by molar-refractivity contribution is 0.265. The lowest BCUT2D eigenvalue weighted by atomic mass is 9.80. The van der Waals surface area contributed by atoms with Crippen molar-refractivity contribution in [3.05, 3.63) is 0 Å². The number of alkyl halides is 1. The summed E-state index contributed by atoms with van der Waals surface area (Å²) in [5.41, 5.74) is 0.807. The lowest BCUT2D eigenvalue weighted by Gasteiger charge is -2.26. The first kappa shape index (κ1) is 5.10. The molecule has 1 unspecified atom stereocenters. The second kappa shape index (κ2) is 1.41. The molecule has 2 aliphatic carbocycles. The molecule has 0 N–H and O–H groups in total. The highest BCUT2D eigenvalue weighted by atomic mass is 35.5. The zero-order chi connectivity index (χ0) is 5.61. The van der Waals surface area contributed by atoms with Crippen LogP contribution in [-0.4, -0.2) is 5.88 Å². The van der Waals surface area contributed by atoms with Gasteiger partial charge in [-0.3, -0.25) is 0 Å². The Labute approximate surface area is 55.2 Å². The van der Waals surface area contributed by atoms with Gasteiger partial charge in [-0.2, -0.15) is 0 Å². The topological polar surface area (TPSA) is 0 Å². The lowest BCUT2D eigenvalue weighted by Crippen LogP contribution is -2.14. The summed E-state index contributed by atoms with van der Waals surface area (Å²) in [7, 11) is 0. The summed E-state index contributed by atoms with van der Waals surface area (Å²) >= 11 is 5.70. The van der Waals surface area contributed by atoms with E-state index in [1.54, 1.807) is 0 Å². The van der Waals surface area contributed by atoms with Crippen LogP contribution in [0.25, 0.3) is 0 Å². The Balaban J connectivity index is 1.93. The van der Waals surface area contributed by atoms with Crippen LogP contribution in [0.5, 0.6) is 0 Å². The van der Waals surface area contributed by atoms with Crippen LogP contribution >= 0.6 is 11.6 Å². The largest absolute Gasteiger partial charge is 0.126 e. The van der Waals surface area contributed by atoms with Gasteiger partial charge in [-0.1, -0.05) is 6.42 Å². The standard InChI is InChI=1S/C7H11Cl/c8-5-6-4-7(6)2-1-3-7/h6H,1-5H2. The minimum absolute atomic E-state index is 0.807. The van der Waals surface area contributed by atoms with Crippen LogP contribution in [-0.2, 0) is 0 Å². The normalized spacial score (nSPS) is 39.4. The molecular weight excluding hydrogens is 120 g/mol. The summed E-state index contributed by atoms with van der Waals surface area (Å²) in [4.78, 5) is 0. The fourth-order valence-electron chi connectivity index (χ4n) is 1.89. The van der Waals surface area contributed by atoms with E-state index in [0.29, 0.717) is 0 Å². The summed E-state index contributed by atoms with van der Waals surface area (Å²) in [6, 6.07) is 0. The minimum Gasteiger partial charge on any atom is -0.126 e. The molecule has 2 rings (SSSR count). The fraction of sp³-hybridized carbons (Fsp3) is 1.00. The van der Waals surface area contributed by atoms with Crippen molar-refractivity contribution >= 4 is 11.6 Å². The molecule has 2 aliphatic rings. The van der Waals surface area contributed by atoms with Gasteiger partial charge in [0, 0.05) is 5.88 Å². The molecule has 2 fully saturated rings. The van der Waals surface area contributed by atoms with Gasteiger partial charge in [0.15, 0.2) is 0 Å². The van der Waals surface area contributed by atoms with Gasteiger partial charge in [0.25, 0.3) is 0 Å². The fourth-order valence-corrected chi connectivity index (χ4v) is 2.33. The Hall–Kier alpha value is 0.290. The van der Waals surface area contributed by atoms with Crippen LogP contribution in [0.4, 0.5) is 0 Å². The molecule has 1 heteroatoms. The Kier molecular flexibility index (Phi) is 0.901. The van der Waals surface area contributed by atoms with E-state index in [9.17, 15) is 0 Å². The molecule has 0 amide bonds. The Morgan fingerprint density at radius 3 is 2.38 bits per heavy atom. The van der Waals surface area contributed by atoms with Crippen LogP contribution < -0.4 is 0 Å². The third-order valence-electron chi connectivity index (χ3n) is 2.89. The molecule has 0 aliphatic heterocycles. The summed E-state index contributed by atoms with van der Waals surface area (Å²) in [5.74, 6) is 1.83. The van der Waals surface area contributed by atoms with E-state index in [-0.39, 0.29) is 0 Å². The summed E-state index contributed by atoms with van der Waals surface area (Å²) in [6.45, 7) is 0. The number of hydrogen-bond acceptors (Lipinski definition) is 0. The van der Waals surface area contributed by atoms with Crippen molar-refractivity contribution in [3.8, 4) is 0 Å². The summed E-state index contributed by atoms with van der Waals surface area (Å²) in [6.07, 6.45) is 5.86. The van der Waals surface area contributed by atoms with Crippen molar-refractivity contribution in [1.29, 1.82) is 0 Å². The molecule has 0 aromatic heterocycles. The van der Waals surface area contributed by atoms with Gasteiger partial charge in [-0.25, -0.2) is 0 Å². The predicted octanol–water partition coefficient (Wildman–Crippen LogP) is 2.42. The van der Waals surface area contributed by atoms with Crippen LogP contribution in [0, 0.1) is 11.3 Å². The highest BCUT2D eigenvalue weighted by Gasteiger charge is 2.56. The number of hydrogen-bond donors (Lipinski definition) is 0. The third-order valence-corrected chi connectivity index (χ3v) is 3.27. The van der Waals surface area contributed by atoms with Crippen molar-refractivity contribution in [2.24, 2.45) is 11.3 Å². The van der Waals surface area contributed by atoms with Crippen molar-refractivity contribution in [3.63, 3.8) is 0 Å². The van der Waals surface area contributed by atoms with E-state index in [2.05, 4.69) is 0 Å². The Morgan fingerprint density at radius 2 is 2.25 bits per heavy atom. The molecule has 0 bridgehead atoms. The van der Waals surface area contributed by atoms with Crippen molar-refractivity contribution in [2.75, 3.05) is 5.88 Å². The highest BCUT2D eigenvalue weighted by molar-refractivity contribution is 6.18. The zero-order valence-corrected chi connectivity index (χ0v) is 5.75. The number of rotatable bonds is 1. The maximum absolute atomic E-state index is 5.70. The van der Waals surface area contributed by atoms with E-state index < -0.39 is 0 Å². The molecule has 0 aromatic rings. The third kappa shape index (κ3) is 0.473. The van der Waals surface area contributed by atoms with Gasteiger partial charge in [-0.15, -0.1) is 11.6 Å². The molecule has 8 heavy (non-hydrogen) atoms. The first-order valence-electron chi connectivity index (χ1n) is 3.43. The summed E-state index contributed by atoms with van der Waals surface area (Å²) < 4.78 is 0.